The van der Waals surface area contributed by atoms with E-state index in [4.69, 9.17) is 9.72 Å². The lowest BCUT2D eigenvalue weighted by atomic mass is 9.87. The molecular weight excluding hydrogens is 468 g/mol. The average molecular weight is 497 g/mol. The number of carbonyl (C=O) groups excluding carboxylic acids is 1. The minimum Gasteiger partial charge on any atom is -0.492 e. The third-order valence-electron chi connectivity index (χ3n) is 7.00. The maximum atomic E-state index is 13.2. The highest BCUT2D eigenvalue weighted by Gasteiger charge is 2.37. The van der Waals surface area contributed by atoms with Crippen LogP contribution in [0.2, 0.25) is 0 Å². The first-order chi connectivity index (χ1) is 18.2. The van der Waals surface area contributed by atoms with Crippen LogP contribution >= 0.6 is 0 Å². The molecule has 5 heterocycles. The van der Waals surface area contributed by atoms with Gasteiger partial charge in [-0.05, 0) is 62.3 Å². The highest BCUT2D eigenvalue weighted by atomic mass is 16.5. The van der Waals surface area contributed by atoms with Crippen LogP contribution in [0, 0.1) is 0 Å². The van der Waals surface area contributed by atoms with E-state index in [-0.39, 0.29) is 11.9 Å². The topological polar surface area (TPSA) is 130 Å². The summed E-state index contributed by atoms with van der Waals surface area (Å²) in [4.78, 5) is 26.3. The fraction of sp³-hybridized carbons (Fsp3) is 0.296. The standard InChI is InChI=1S/C27H28N8O2/c36-25(31-22-7-15-37-23-17-30-12-6-21(22)23)19-2-1-3-20(16-19)33-27(8-13-29-14-9-27)26-32-24(34-35-26)18-4-10-28-11-5-18/h1-6,10-12,16-17,22,29,33H,7-9,13-15H2,(H,31,36)(H,32,34,35)/t22-/m1/s1. The molecule has 10 nitrogen and oxygen atoms in total. The van der Waals surface area contributed by atoms with Gasteiger partial charge in [0.05, 0.1) is 24.4 Å². The summed E-state index contributed by atoms with van der Waals surface area (Å²) in [5, 5.41) is 17.9. The molecule has 1 atom stereocenters. The molecule has 4 N–H and O–H groups in total. The Labute approximate surface area is 214 Å². The van der Waals surface area contributed by atoms with Crippen molar-refractivity contribution in [1.29, 1.82) is 0 Å². The predicted octanol–water partition coefficient (Wildman–Crippen LogP) is 3.21. The van der Waals surface area contributed by atoms with E-state index in [1.807, 2.05) is 42.5 Å². The number of H-pyrrole nitrogens is 1. The number of anilines is 1. The third kappa shape index (κ3) is 4.75. The van der Waals surface area contributed by atoms with Crippen LogP contribution in [-0.4, -0.2) is 50.8 Å². The van der Waals surface area contributed by atoms with Gasteiger partial charge >= 0.3 is 0 Å². The summed E-state index contributed by atoms with van der Waals surface area (Å²) in [6.07, 6.45) is 9.23. The van der Waals surface area contributed by atoms with Gasteiger partial charge in [0.1, 0.15) is 5.75 Å². The monoisotopic (exact) mass is 496 g/mol. The van der Waals surface area contributed by atoms with E-state index in [0.29, 0.717) is 24.4 Å². The Kier molecular flexibility index (Phi) is 6.23. The van der Waals surface area contributed by atoms with Gasteiger partial charge in [-0.2, -0.15) is 5.10 Å². The zero-order chi connectivity index (χ0) is 25.1. The number of carbonyl (C=O) groups is 1. The maximum Gasteiger partial charge on any atom is 0.251 e. The molecular formula is C27H28N8O2. The first-order valence-electron chi connectivity index (χ1n) is 12.5. The molecule has 0 spiro atoms. The molecule has 0 unspecified atom stereocenters. The number of amides is 1. The molecule has 1 aromatic carbocycles. The number of nitrogens with zero attached hydrogens (tertiary/aromatic N) is 4. The molecule has 188 valence electrons. The number of fused-ring (bicyclic) bond motifs is 1. The molecule has 0 saturated carbocycles. The number of aromatic amines is 1. The Bertz CT molecular complexity index is 1380. The number of aromatic nitrogens is 5. The first kappa shape index (κ1) is 23.1. The second-order valence-electron chi connectivity index (χ2n) is 9.36. The number of ether oxygens (including phenoxy) is 1. The summed E-state index contributed by atoms with van der Waals surface area (Å²) in [6, 6.07) is 13.2. The number of hydrogen-bond donors (Lipinski definition) is 4. The highest BCUT2D eigenvalue weighted by molar-refractivity contribution is 5.95. The largest absolute Gasteiger partial charge is 0.492 e. The van der Waals surface area contributed by atoms with Gasteiger partial charge in [0.25, 0.3) is 5.91 Å². The van der Waals surface area contributed by atoms with Crippen LogP contribution in [0.3, 0.4) is 0 Å². The van der Waals surface area contributed by atoms with Crippen molar-refractivity contribution in [3.8, 4) is 17.1 Å². The summed E-state index contributed by atoms with van der Waals surface area (Å²) in [6.45, 7) is 2.23. The van der Waals surface area contributed by atoms with Gasteiger partial charge in [0, 0.05) is 47.4 Å². The van der Waals surface area contributed by atoms with Gasteiger partial charge in [-0.15, -0.1) is 0 Å². The van der Waals surface area contributed by atoms with Crippen LogP contribution < -0.4 is 20.7 Å². The predicted molar refractivity (Wildman–Crippen MR) is 138 cm³/mol. The molecule has 1 amide bonds. The first-order valence-corrected chi connectivity index (χ1v) is 12.5. The number of rotatable bonds is 6. The van der Waals surface area contributed by atoms with E-state index in [1.54, 1.807) is 24.8 Å². The van der Waals surface area contributed by atoms with E-state index >= 15 is 0 Å². The quantitative estimate of drug-likeness (QED) is 0.320. The Morgan fingerprint density at radius 3 is 2.76 bits per heavy atom. The highest BCUT2D eigenvalue weighted by Crippen LogP contribution is 2.34. The molecule has 0 bridgehead atoms. The Morgan fingerprint density at radius 2 is 1.89 bits per heavy atom. The van der Waals surface area contributed by atoms with E-state index in [2.05, 4.69) is 36.1 Å². The number of nitrogens with one attached hydrogen (secondary N) is 4. The summed E-state index contributed by atoms with van der Waals surface area (Å²) in [5.74, 6) is 2.01. The smallest absolute Gasteiger partial charge is 0.251 e. The third-order valence-corrected chi connectivity index (χ3v) is 7.00. The van der Waals surface area contributed by atoms with Gasteiger partial charge in [-0.1, -0.05) is 6.07 Å². The molecule has 0 radical (unpaired) electrons. The zero-order valence-corrected chi connectivity index (χ0v) is 20.3. The van der Waals surface area contributed by atoms with Gasteiger partial charge < -0.3 is 20.7 Å². The van der Waals surface area contributed by atoms with Gasteiger partial charge in [0.2, 0.25) is 0 Å². The normalized spacial score (nSPS) is 18.3. The van der Waals surface area contributed by atoms with Crippen molar-refractivity contribution in [3.63, 3.8) is 0 Å². The second-order valence-corrected chi connectivity index (χ2v) is 9.36. The van der Waals surface area contributed by atoms with Gasteiger partial charge in [-0.25, -0.2) is 4.98 Å². The van der Waals surface area contributed by atoms with Crippen LogP contribution in [-0.2, 0) is 5.54 Å². The van der Waals surface area contributed by atoms with E-state index < -0.39 is 5.54 Å². The molecule has 37 heavy (non-hydrogen) atoms. The minimum atomic E-state index is -0.439. The molecule has 6 rings (SSSR count). The summed E-state index contributed by atoms with van der Waals surface area (Å²) < 4.78 is 5.68. The molecule has 2 aliphatic heterocycles. The molecule has 3 aromatic heterocycles. The van der Waals surface area contributed by atoms with Crippen LogP contribution in [0.25, 0.3) is 11.4 Å². The van der Waals surface area contributed by atoms with Crippen LogP contribution in [0.5, 0.6) is 5.75 Å². The van der Waals surface area contributed by atoms with Crippen molar-refractivity contribution >= 4 is 11.6 Å². The maximum absolute atomic E-state index is 13.2. The number of piperidine rings is 1. The number of hydrogen-bond acceptors (Lipinski definition) is 8. The molecule has 0 aliphatic carbocycles. The van der Waals surface area contributed by atoms with Crippen LogP contribution in [0.1, 0.15) is 47.1 Å². The number of pyridine rings is 2. The van der Waals surface area contributed by atoms with Crippen molar-refractivity contribution in [2.75, 3.05) is 25.0 Å². The summed E-state index contributed by atoms with van der Waals surface area (Å²) in [7, 11) is 0. The van der Waals surface area contributed by atoms with Crippen molar-refractivity contribution in [3.05, 3.63) is 84.2 Å². The lowest BCUT2D eigenvalue weighted by Gasteiger charge is -2.37. The molecule has 2 aliphatic rings. The molecule has 1 fully saturated rings. The fourth-order valence-corrected chi connectivity index (χ4v) is 5.03. The Hall–Kier alpha value is -4.31. The van der Waals surface area contributed by atoms with E-state index in [9.17, 15) is 4.79 Å². The van der Waals surface area contributed by atoms with Crippen molar-refractivity contribution in [2.45, 2.75) is 30.8 Å². The Morgan fingerprint density at radius 1 is 1.05 bits per heavy atom. The van der Waals surface area contributed by atoms with E-state index in [1.165, 1.54) is 0 Å². The number of benzene rings is 1. The zero-order valence-electron chi connectivity index (χ0n) is 20.3. The Balaban J connectivity index is 1.23. The van der Waals surface area contributed by atoms with Crippen molar-refractivity contribution < 1.29 is 9.53 Å². The van der Waals surface area contributed by atoms with E-state index in [0.717, 1.165) is 54.3 Å². The summed E-state index contributed by atoms with van der Waals surface area (Å²) in [5.41, 5.74) is 2.86. The fourth-order valence-electron chi connectivity index (χ4n) is 5.03. The van der Waals surface area contributed by atoms with Crippen molar-refractivity contribution in [1.82, 2.24) is 35.8 Å². The molecule has 10 heteroatoms. The summed E-state index contributed by atoms with van der Waals surface area (Å²) >= 11 is 0. The molecule has 1 saturated heterocycles. The second kappa shape index (κ2) is 9.98. The van der Waals surface area contributed by atoms with Gasteiger partial charge in [0.15, 0.2) is 11.6 Å². The van der Waals surface area contributed by atoms with Crippen molar-refractivity contribution in [2.24, 2.45) is 0 Å². The van der Waals surface area contributed by atoms with Crippen LogP contribution in [0.15, 0.2) is 67.3 Å². The lowest BCUT2D eigenvalue weighted by Crippen LogP contribution is -2.46. The van der Waals surface area contributed by atoms with Crippen LogP contribution in [0.4, 0.5) is 5.69 Å². The SMILES string of the molecule is O=C(N[C@@H]1CCOc2cnccc21)c1cccc(NC2(c3nc(-c4ccncc4)n[nH]3)CCNCC2)c1. The van der Waals surface area contributed by atoms with Gasteiger partial charge in [-0.3, -0.25) is 19.9 Å². The average Bonchev–Trinajstić information content (AvgIpc) is 3.46. The minimum absolute atomic E-state index is 0.118. The molecule has 4 aromatic rings. The lowest BCUT2D eigenvalue weighted by molar-refractivity contribution is 0.0924.